The molecule has 134 valence electrons. The quantitative estimate of drug-likeness (QED) is 0.507. The van der Waals surface area contributed by atoms with Crippen LogP contribution in [0.2, 0.25) is 0 Å². The van der Waals surface area contributed by atoms with E-state index < -0.39 is 11.9 Å². The number of ether oxygens (including phenoxy) is 1. The third kappa shape index (κ3) is 8.28. The number of rotatable bonds is 5. The molecule has 0 atom stereocenters. The maximum absolute atomic E-state index is 9.10. The molecule has 7 nitrogen and oxygen atoms in total. The molecule has 1 aliphatic heterocycles. The molecular formula is C16H23BrN2O5. The number of nitrogens with one attached hydrogen (secondary N) is 1. The lowest BCUT2D eigenvalue weighted by atomic mass is 10.2. The maximum atomic E-state index is 9.10. The fraction of sp³-hybridized carbons (Fsp3) is 0.500. The molecule has 2 rings (SSSR count). The van der Waals surface area contributed by atoms with E-state index in [9.17, 15) is 0 Å². The number of aryl methyl sites for hydroxylation is 1. The molecule has 1 saturated heterocycles. The molecule has 0 spiro atoms. The number of carboxylic acids is 2. The smallest absolute Gasteiger partial charge is 0.414 e. The fourth-order valence-corrected chi connectivity index (χ4v) is 2.66. The van der Waals surface area contributed by atoms with Crippen LogP contribution in [0.5, 0.6) is 5.75 Å². The van der Waals surface area contributed by atoms with Crippen molar-refractivity contribution in [3.05, 3.63) is 28.2 Å². The lowest BCUT2D eigenvalue weighted by Gasteiger charge is -2.27. The molecule has 0 bridgehead atoms. The minimum absolute atomic E-state index is 0.798. The van der Waals surface area contributed by atoms with Gasteiger partial charge in [0.05, 0.1) is 6.61 Å². The number of aliphatic carboxylic acids is 2. The number of benzene rings is 1. The van der Waals surface area contributed by atoms with Crippen molar-refractivity contribution >= 4 is 27.9 Å². The molecule has 0 amide bonds. The van der Waals surface area contributed by atoms with Gasteiger partial charge in [-0.2, -0.15) is 0 Å². The molecule has 24 heavy (non-hydrogen) atoms. The van der Waals surface area contributed by atoms with Gasteiger partial charge in [0.1, 0.15) is 5.75 Å². The Hall–Kier alpha value is -1.64. The van der Waals surface area contributed by atoms with Crippen molar-refractivity contribution in [2.24, 2.45) is 0 Å². The summed E-state index contributed by atoms with van der Waals surface area (Å²) < 4.78 is 6.92. The van der Waals surface area contributed by atoms with Gasteiger partial charge in [-0.1, -0.05) is 15.9 Å². The lowest BCUT2D eigenvalue weighted by molar-refractivity contribution is -0.159. The first-order valence-electron chi connectivity index (χ1n) is 7.68. The van der Waals surface area contributed by atoms with Crippen molar-refractivity contribution in [1.29, 1.82) is 0 Å². The third-order valence-electron chi connectivity index (χ3n) is 3.41. The zero-order valence-corrected chi connectivity index (χ0v) is 15.2. The van der Waals surface area contributed by atoms with E-state index in [4.69, 9.17) is 24.5 Å². The Bertz CT molecular complexity index is 535. The number of piperazine rings is 1. The molecule has 0 aromatic heterocycles. The average molecular weight is 403 g/mol. The second-order valence-corrected chi connectivity index (χ2v) is 6.23. The van der Waals surface area contributed by atoms with Gasteiger partial charge in [-0.15, -0.1) is 0 Å². The van der Waals surface area contributed by atoms with E-state index in [1.165, 1.54) is 5.56 Å². The zero-order valence-electron chi connectivity index (χ0n) is 13.6. The van der Waals surface area contributed by atoms with E-state index in [-0.39, 0.29) is 0 Å². The van der Waals surface area contributed by atoms with Crippen LogP contribution in [-0.2, 0) is 9.59 Å². The van der Waals surface area contributed by atoms with Crippen LogP contribution in [0.1, 0.15) is 12.0 Å². The highest BCUT2D eigenvalue weighted by Gasteiger charge is 2.08. The molecule has 1 aromatic rings. The van der Waals surface area contributed by atoms with E-state index in [0.29, 0.717) is 0 Å². The van der Waals surface area contributed by atoms with Crippen LogP contribution in [0.15, 0.2) is 22.7 Å². The van der Waals surface area contributed by atoms with Gasteiger partial charge < -0.3 is 25.2 Å². The molecule has 1 aliphatic rings. The molecule has 1 fully saturated rings. The van der Waals surface area contributed by atoms with E-state index in [1.54, 1.807) is 0 Å². The highest BCUT2D eigenvalue weighted by molar-refractivity contribution is 9.10. The summed E-state index contributed by atoms with van der Waals surface area (Å²) in [5.41, 5.74) is 1.19. The average Bonchev–Trinajstić information content (AvgIpc) is 2.54. The number of halogens is 1. The van der Waals surface area contributed by atoms with Gasteiger partial charge in [-0.25, -0.2) is 9.59 Å². The van der Waals surface area contributed by atoms with Gasteiger partial charge in [0.25, 0.3) is 0 Å². The van der Waals surface area contributed by atoms with Crippen LogP contribution in [0.25, 0.3) is 0 Å². The molecular weight excluding hydrogens is 380 g/mol. The number of hydrogen-bond donors (Lipinski definition) is 3. The Kier molecular flexibility index (Phi) is 9.36. The van der Waals surface area contributed by atoms with Crippen molar-refractivity contribution in [3.63, 3.8) is 0 Å². The number of carboxylic acid groups (broad SMARTS) is 2. The Labute approximate surface area is 149 Å². The maximum Gasteiger partial charge on any atom is 0.414 e. The van der Waals surface area contributed by atoms with Crippen molar-refractivity contribution in [2.75, 3.05) is 39.3 Å². The van der Waals surface area contributed by atoms with Crippen molar-refractivity contribution in [3.8, 4) is 5.75 Å². The standard InChI is InChI=1S/C14H21BrN2O.C2H2O4/c1-12-11-13(15)3-4-14(12)18-10-2-7-17-8-5-16-6-9-17;3-1(4)2(5)6/h3-4,11,16H,2,5-10H2,1H3;(H,3,4)(H,5,6). The van der Waals surface area contributed by atoms with E-state index in [1.807, 2.05) is 12.1 Å². The van der Waals surface area contributed by atoms with Gasteiger partial charge in [-0.05, 0) is 37.1 Å². The van der Waals surface area contributed by atoms with Crippen LogP contribution in [-0.4, -0.2) is 66.4 Å². The summed E-state index contributed by atoms with van der Waals surface area (Å²) in [7, 11) is 0. The summed E-state index contributed by atoms with van der Waals surface area (Å²) in [6, 6.07) is 6.15. The normalized spacial score (nSPS) is 14.4. The fourth-order valence-electron chi connectivity index (χ4n) is 2.18. The van der Waals surface area contributed by atoms with Gasteiger partial charge in [0, 0.05) is 37.2 Å². The molecule has 1 aromatic carbocycles. The second-order valence-electron chi connectivity index (χ2n) is 5.31. The highest BCUT2D eigenvalue weighted by atomic mass is 79.9. The van der Waals surface area contributed by atoms with Crippen LogP contribution >= 0.6 is 15.9 Å². The summed E-state index contributed by atoms with van der Waals surface area (Å²) in [6.07, 6.45) is 1.09. The van der Waals surface area contributed by atoms with Crippen LogP contribution in [0, 0.1) is 6.92 Å². The number of nitrogens with zero attached hydrogens (tertiary/aromatic N) is 1. The summed E-state index contributed by atoms with van der Waals surface area (Å²) >= 11 is 3.46. The minimum Gasteiger partial charge on any atom is -0.493 e. The Morgan fingerprint density at radius 3 is 2.42 bits per heavy atom. The first kappa shape index (κ1) is 20.4. The van der Waals surface area contributed by atoms with Crippen molar-refractivity contribution in [1.82, 2.24) is 10.2 Å². The summed E-state index contributed by atoms with van der Waals surface area (Å²) in [5, 5.41) is 18.1. The molecule has 0 aliphatic carbocycles. The van der Waals surface area contributed by atoms with Crippen molar-refractivity contribution < 1.29 is 24.5 Å². The van der Waals surface area contributed by atoms with E-state index in [2.05, 4.69) is 39.1 Å². The third-order valence-corrected chi connectivity index (χ3v) is 3.90. The topological polar surface area (TPSA) is 99.1 Å². The Morgan fingerprint density at radius 1 is 1.25 bits per heavy atom. The second kappa shape index (κ2) is 11.0. The lowest BCUT2D eigenvalue weighted by Crippen LogP contribution is -2.43. The molecule has 3 N–H and O–H groups in total. The molecule has 0 radical (unpaired) electrons. The van der Waals surface area contributed by atoms with Gasteiger partial charge in [0.2, 0.25) is 0 Å². The number of carbonyl (C=O) groups is 2. The Balaban J connectivity index is 0.000000413. The predicted octanol–water partition coefficient (Wildman–Crippen LogP) is 1.59. The molecule has 0 unspecified atom stereocenters. The monoisotopic (exact) mass is 402 g/mol. The molecule has 1 heterocycles. The molecule has 0 saturated carbocycles. The Morgan fingerprint density at radius 2 is 1.88 bits per heavy atom. The first-order chi connectivity index (χ1) is 11.4. The van der Waals surface area contributed by atoms with Gasteiger partial charge in [-0.3, -0.25) is 0 Å². The first-order valence-corrected chi connectivity index (χ1v) is 8.47. The van der Waals surface area contributed by atoms with Gasteiger partial charge in [0.15, 0.2) is 0 Å². The SMILES string of the molecule is Cc1cc(Br)ccc1OCCCN1CCNCC1.O=C(O)C(=O)O. The summed E-state index contributed by atoms with van der Waals surface area (Å²) in [4.78, 5) is 20.7. The zero-order chi connectivity index (χ0) is 17.9. The van der Waals surface area contributed by atoms with Crippen LogP contribution < -0.4 is 10.1 Å². The van der Waals surface area contributed by atoms with E-state index >= 15 is 0 Å². The minimum atomic E-state index is -1.82. The van der Waals surface area contributed by atoms with Gasteiger partial charge >= 0.3 is 11.9 Å². The highest BCUT2D eigenvalue weighted by Crippen LogP contribution is 2.22. The summed E-state index contributed by atoms with van der Waals surface area (Å²) in [5.74, 6) is -2.65. The van der Waals surface area contributed by atoms with E-state index in [0.717, 1.165) is 56.0 Å². The number of hydrogen-bond acceptors (Lipinski definition) is 5. The van der Waals surface area contributed by atoms with Crippen molar-refractivity contribution in [2.45, 2.75) is 13.3 Å². The predicted molar refractivity (Wildman–Crippen MR) is 93.6 cm³/mol. The molecule has 8 heteroatoms. The largest absolute Gasteiger partial charge is 0.493 e. The van der Waals surface area contributed by atoms with Crippen LogP contribution in [0.4, 0.5) is 0 Å². The summed E-state index contributed by atoms with van der Waals surface area (Å²) in [6.45, 7) is 8.58. The van der Waals surface area contributed by atoms with Crippen LogP contribution in [0.3, 0.4) is 0 Å².